The molecule has 39 heavy (non-hydrogen) atoms. The summed E-state index contributed by atoms with van der Waals surface area (Å²) in [6, 6.07) is 7.71. The van der Waals surface area contributed by atoms with Crippen LogP contribution in [0.15, 0.2) is 81.6 Å². The molecule has 0 aliphatic carbocycles. The second-order valence-electron chi connectivity index (χ2n) is 9.12. The zero-order valence-electron chi connectivity index (χ0n) is 23.7. The van der Waals surface area contributed by atoms with Gasteiger partial charge in [-0.3, -0.25) is 19.7 Å². The summed E-state index contributed by atoms with van der Waals surface area (Å²) < 4.78 is 0. The molecule has 0 saturated carbocycles. The summed E-state index contributed by atoms with van der Waals surface area (Å²) in [5.74, 6) is 2.34. The largest absolute Gasteiger partial charge is 0.361 e. The van der Waals surface area contributed by atoms with E-state index in [1.54, 1.807) is 17.8 Å². The number of amidine groups is 1. The highest BCUT2D eigenvalue weighted by Crippen LogP contribution is 2.09. The highest BCUT2D eigenvalue weighted by Gasteiger charge is 2.09. The van der Waals surface area contributed by atoms with Crippen LogP contribution in [0, 0.1) is 12.3 Å². The number of hydrogen-bond acceptors (Lipinski definition) is 6. The number of carbonyl (C=O) groups excluding carboxylic acids is 1. The Kier molecular flexibility index (Phi) is 15.3. The lowest BCUT2D eigenvalue weighted by Crippen LogP contribution is -2.31. The SMILES string of the molecule is C#C/C(=C\C=C(\C)CN=C(NCC1=CN=CCC=C1)SC)NC(=O)c1ccc(CN(CCC)CCNC)cc1. The Morgan fingerprint density at radius 2 is 2.05 bits per heavy atom. The predicted molar refractivity (Wildman–Crippen MR) is 168 cm³/mol. The van der Waals surface area contributed by atoms with E-state index >= 15 is 0 Å². The smallest absolute Gasteiger partial charge is 0.256 e. The van der Waals surface area contributed by atoms with Gasteiger partial charge in [0.25, 0.3) is 5.91 Å². The average Bonchev–Trinajstić information content (AvgIpc) is 3.23. The molecule has 1 aromatic rings. The third-order valence-corrected chi connectivity index (χ3v) is 6.47. The Balaban J connectivity index is 1.92. The molecule has 7 nitrogen and oxygen atoms in total. The van der Waals surface area contributed by atoms with E-state index in [2.05, 4.69) is 55.8 Å². The minimum absolute atomic E-state index is 0.226. The molecule has 1 amide bonds. The maximum absolute atomic E-state index is 12.8. The number of nitrogens with zero attached hydrogens (tertiary/aromatic N) is 3. The molecule has 0 unspecified atom stereocenters. The van der Waals surface area contributed by atoms with Crippen LogP contribution in [0.4, 0.5) is 0 Å². The van der Waals surface area contributed by atoms with Crippen LogP contribution in [-0.2, 0) is 6.54 Å². The highest BCUT2D eigenvalue weighted by molar-refractivity contribution is 8.13. The zero-order chi connectivity index (χ0) is 28.3. The van der Waals surface area contributed by atoms with Crippen LogP contribution in [0.5, 0.6) is 0 Å². The number of rotatable bonds is 14. The molecule has 1 aliphatic rings. The number of likely N-dealkylation sites (N-methyl/N-ethyl adjacent to an activating group) is 1. The van der Waals surface area contributed by atoms with Gasteiger partial charge in [-0.1, -0.05) is 60.5 Å². The monoisotopic (exact) mass is 546 g/mol. The van der Waals surface area contributed by atoms with E-state index in [-0.39, 0.29) is 5.91 Å². The first-order valence-electron chi connectivity index (χ1n) is 13.3. The van der Waals surface area contributed by atoms with Crippen molar-refractivity contribution < 1.29 is 4.79 Å². The van der Waals surface area contributed by atoms with Crippen LogP contribution in [0.25, 0.3) is 0 Å². The van der Waals surface area contributed by atoms with Gasteiger partial charge in [0.2, 0.25) is 0 Å². The second-order valence-corrected chi connectivity index (χ2v) is 9.92. The van der Waals surface area contributed by atoms with Crippen molar-refractivity contribution in [2.75, 3.05) is 46.0 Å². The van der Waals surface area contributed by atoms with E-state index in [0.29, 0.717) is 24.4 Å². The van der Waals surface area contributed by atoms with Crippen molar-refractivity contribution in [2.24, 2.45) is 9.98 Å². The van der Waals surface area contributed by atoms with Gasteiger partial charge in [-0.05, 0) is 62.5 Å². The maximum Gasteiger partial charge on any atom is 0.256 e. The molecule has 0 radical (unpaired) electrons. The second kappa shape index (κ2) is 18.8. The van der Waals surface area contributed by atoms with Crippen LogP contribution >= 0.6 is 11.8 Å². The normalized spacial score (nSPS) is 14.2. The van der Waals surface area contributed by atoms with Gasteiger partial charge in [0, 0.05) is 50.6 Å². The van der Waals surface area contributed by atoms with Crippen LogP contribution in [-0.4, -0.2) is 68.2 Å². The predicted octanol–water partition coefficient (Wildman–Crippen LogP) is 4.53. The average molecular weight is 547 g/mol. The summed E-state index contributed by atoms with van der Waals surface area (Å²) in [6.45, 7) is 9.18. The first kappa shape index (κ1) is 31.8. The summed E-state index contributed by atoms with van der Waals surface area (Å²) in [4.78, 5) is 24.1. The molecule has 1 aliphatic heterocycles. The topological polar surface area (TPSA) is 81.1 Å². The molecule has 1 heterocycles. The number of nitrogens with one attached hydrogen (secondary N) is 3. The van der Waals surface area contributed by atoms with Crippen molar-refractivity contribution in [2.45, 2.75) is 33.2 Å². The first-order valence-corrected chi connectivity index (χ1v) is 14.5. The number of carbonyl (C=O) groups is 1. The number of amides is 1. The van der Waals surface area contributed by atoms with E-state index in [0.717, 1.165) is 55.3 Å². The molecule has 0 bridgehead atoms. The Hall–Kier alpha value is -3.38. The van der Waals surface area contributed by atoms with E-state index in [1.807, 2.05) is 63.0 Å². The molecule has 208 valence electrons. The fourth-order valence-corrected chi connectivity index (χ4v) is 4.09. The van der Waals surface area contributed by atoms with Crippen LogP contribution in [0.2, 0.25) is 0 Å². The third kappa shape index (κ3) is 12.8. The van der Waals surface area contributed by atoms with Crippen molar-refractivity contribution in [1.82, 2.24) is 20.9 Å². The molecule has 0 spiro atoms. The Labute approximate surface area is 238 Å². The van der Waals surface area contributed by atoms with Crippen LogP contribution < -0.4 is 16.0 Å². The Morgan fingerprint density at radius 1 is 1.26 bits per heavy atom. The van der Waals surface area contributed by atoms with Crippen molar-refractivity contribution in [3.05, 3.63) is 82.7 Å². The van der Waals surface area contributed by atoms with E-state index in [4.69, 9.17) is 6.42 Å². The maximum atomic E-state index is 12.8. The Morgan fingerprint density at radius 3 is 2.74 bits per heavy atom. The van der Waals surface area contributed by atoms with Gasteiger partial charge >= 0.3 is 0 Å². The minimum atomic E-state index is -0.226. The van der Waals surface area contributed by atoms with Gasteiger partial charge in [-0.2, -0.15) is 0 Å². The fourth-order valence-electron chi connectivity index (χ4n) is 3.68. The summed E-state index contributed by atoms with van der Waals surface area (Å²) in [6.07, 6.45) is 21.1. The van der Waals surface area contributed by atoms with Gasteiger partial charge in [0.15, 0.2) is 5.17 Å². The standard InChI is InChI=1S/C31H42N6OS/c1-6-19-37(20-18-32-4)24-26-12-14-28(15-13-26)30(38)36-29(7-2)16-11-25(3)21-34-31(39-5)35-23-27-10-8-9-17-33-22-27/h2,8,10-17,22,32H,6,9,18-21,23-24H2,1,3-5H3,(H,34,35)(H,36,38)/b25-11-,29-16+. The number of thioether (sulfide) groups is 1. The summed E-state index contributed by atoms with van der Waals surface area (Å²) in [5.41, 5.74) is 4.28. The van der Waals surface area contributed by atoms with E-state index < -0.39 is 0 Å². The fraction of sp³-hybridized carbons (Fsp3) is 0.387. The molecular weight excluding hydrogens is 504 g/mol. The molecule has 0 fully saturated rings. The quantitative estimate of drug-likeness (QED) is 0.138. The molecular formula is C31H42N6OS. The van der Waals surface area contributed by atoms with Crippen LogP contribution in [0.3, 0.4) is 0 Å². The molecule has 8 heteroatoms. The van der Waals surface area contributed by atoms with Gasteiger partial charge in [-0.25, -0.2) is 0 Å². The van der Waals surface area contributed by atoms with Crippen molar-refractivity contribution >= 4 is 29.1 Å². The molecule has 3 N–H and O–H groups in total. The zero-order valence-corrected chi connectivity index (χ0v) is 24.5. The van der Waals surface area contributed by atoms with Crippen molar-refractivity contribution in [3.63, 3.8) is 0 Å². The molecule has 1 aromatic carbocycles. The van der Waals surface area contributed by atoms with Gasteiger partial charge in [-0.15, -0.1) is 6.42 Å². The molecule has 0 atom stereocenters. The molecule has 0 saturated heterocycles. The number of allylic oxidation sites excluding steroid dienone is 4. The lowest BCUT2D eigenvalue weighted by Gasteiger charge is -2.21. The number of benzene rings is 1. The van der Waals surface area contributed by atoms with Crippen molar-refractivity contribution in [1.29, 1.82) is 0 Å². The highest BCUT2D eigenvalue weighted by atomic mass is 32.2. The van der Waals surface area contributed by atoms with Crippen molar-refractivity contribution in [3.8, 4) is 12.3 Å². The van der Waals surface area contributed by atoms with E-state index in [1.165, 1.54) is 5.56 Å². The molecule has 0 aromatic heterocycles. The van der Waals surface area contributed by atoms with Gasteiger partial charge < -0.3 is 16.0 Å². The number of terminal acetylenes is 1. The van der Waals surface area contributed by atoms with E-state index in [9.17, 15) is 4.79 Å². The molecule has 2 rings (SSSR count). The summed E-state index contributed by atoms with van der Waals surface area (Å²) in [7, 11) is 1.97. The summed E-state index contributed by atoms with van der Waals surface area (Å²) >= 11 is 1.56. The lowest BCUT2D eigenvalue weighted by molar-refractivity contribution is 0.0967. The number of hydrogen-bond donors (Lipinski definition) is 3. The van der Waals surface area contributed by atoms with Gasteiger partial charge in [0.05, 0.1) is 12.2 Å². The first-order chi connectivity index (χ1) is 19.0. The van der Waals surface area contributed by atoms with Gasteiger partial charge in [0.1, 0.15) is 0 Å². The number of aliphatic imine (C=N–C) groups is 2. The third-order valence-electron chi connectivity index (χ3n) is 5.81. The van der Waals surface area contributed by atoms with Crippen LogP contribution in [0.1, 0.15) is 42.6 Å². The lowest BCUT2D eigenvalue weighted by atomic mass is 10.1. The summed E-state index contributed by atoms with van der Waals surface area (Å²) in [5, 5.41) is 10.2. The Bertz CT molecular complexity index is 1140. The minimum Gasteiger partial charge on any atom is -0.361 e.